The van der Waals surface area contributed by atoms with Crippen LogP contribution in [-0.4, -0.2) is 41.4 Å². The van der Waals surface area contributed by atoms with Crippen molar-refractivity contribution in [3.8, 4) is 0 Å². The topological polar surface area (TPSA) is 194 Å². The van der Waals surface area contributed by atoms with Crippen LogP contribution in [0.3, 0.4) is 0 Å². The number of hydrogen-bond acceptors (Lipinski definition) is 10. The quantitative estimate of drug-likeness (QED) is 0.325. The number of benzene rings is 1. The molecule has 0 unspecified atom stereocenters. The number of quaternary nitrogens is 3. The Morgan fingerprint density at radius 2 is 1.21 bits per heavy atom. The average molecular weight is 282 g/mol. The van der Waals surface area contributed by atoms with E-state index in [1.165, 1.54) is 0 Å². The first kappa shape index (κ1) is 15.6. The largest absolute Gasteiger partial charge is 0.559 e. The van der Waals surface area contributed by atoms with Crippen molar-refractivity contribution in [2.24, 2.45) is 0 Å². The van der Waals surface area contributed by atoms with E-state index >= 15 is 0 Å². The van der Waals surface area contributed by atoms with E-state index < -0.39 is 31.6 Å². The number of anilines is 1. The van der Waals surface area contributed by atoms with Gasteiger partial charge in [0.15, 0.2) is 0 Å². The molecule has 0 radical (unpaired) electrons. The molecular formula is C6H10N4O9. The van der Waals surface area contributed by atoms with Crippen molar-refractivity contribution in [3.05, 3.63) is 39.9 Å². The van der Waals surface area contributed by atoms with Crippen LogP contribution in [0.15, 0.2) is 24.3 Å². The van der Waals surface area contributed by atoms with E-state index in [9.17, 15) is 15.6 Å². The Bertz CT molecular complexity index is 433. The molecule has 1 aromatic carbocycles. The van der Waals surface area contributed by atoms with Gasteiger partial charge in [0, 0.05) is 6.07 Å². The number of para-hydroxylation sites is 2. The number of rotatable bonds is 4. The van der Waals surface area contributed by atoms with Crippen molar-refractivity contribution in [2.45, 2.75) is 0 Å². The van der Waals surface area contributed by atoms with Gasteiger partial charge in [0.1, 0.15) is 0 Å². The average Bonchev–Trinajstić information content (AvgIpc) is 2.11. The second-order valence-corrected chi connectivity index (χ2v) is 3.35. The van der Waals surface area contributed by atoms with Gasteiger partial charge in [-0.3, -0.25) is 0 Å². The summed E-state index contributed by atoms with van der Waals surface area (Å²) in [5.41, 5.74) is -2.33. The molecule has 0 heterocycles. The maximum atomic E-state index is 11.0. The van der Waals surface area contributed by atoms with Crippen LogP contribution in [0.5, 0.6) is 0 Å². The molecule has 0 aliphatic rings. The normalized spacial score (nSPS) is 13.5. The van der Waals surface area contributed by atoms with Gasteiger partial charge in [-0.2, -0.15) is 10.4 Å². The van der Waals surface area contributed by atoms with Gasteiger partial charge in [-0.05, 0) is 11.0 Å². The molecule has 108 valence electrons. The summed E-state index contributed by atoms with van der Waals surface area (Å²) in [4.78, 5) is -3.16. The van der Waals surface area contributed by atoms with E-state index in [1.54, 1.807) is 0 Å². The molecule has 13 heteroatoms. The molecule has 19 heavy (non-hydrogen) atoms. The minimum atomic E-state index is -3.67. The predicted octanol–water partition coefficient (Wildman–Crippen LogP) is 0.0925. The summed E-state index contributed by atoms with van der Waals surface area (Å²) in [6, 6.07) is 3.44. The Hall–Kier alpha value is -1.46. The maximum absolute atomic E-state index is 11.0. The standard InChI is InChI=1S/C6H10N4O9/c11-8(12,13)6-4-2-1-3-5(6)7(9(14,15)16)10(17,18)19/h1-4,11-12,14-15,17-18H. The molecule has 0 saturated heterocycles. The van der Waals surface area contributed by atoms with E-state index in [2.05, 4.69) is 0 Å². The van der Waals surface area contributed by atoms with Crippen LogP contribution in [-0.2, 0) is 0 Å². The van der Waals surface area contributed by atoms with E-state index in [0.29, 0.717) is 12.1 Å². The first-order chi connectivity index (χ1) is 8.35. The molecule has 0 bridgehead atoms. The molecule has 0 aliphatic heterocycles. The SMILES string of the molecule is [O-][N+](O)(O)c1ccccc1N([N+]([O-])(O)O)[N+]([O-])(O)O. The first-order valence-corrected chi connectivity index (χ1v) is 4.42. The Morgan fingerprint density at radius 1 is 0.789 bits per heavy atom. The van der Waals surface area contributed by atoms with Gasteiger partial charge in [-0.25, -0.2) is 0 Å². The zero-order valence-corrected chi connectivity index (χ0v) is 9.01. The highest BCUT2D eigenvalue weighted by Crippen LogP contribution is 2.34. The number of hydrogen-bond donors (Lipinski definition) is 6. The van der Waals surface area contributed by atoms with E-state index in [4.69, 9.17) is 31.2 Å². The van der Waals surface area contributed by atoms with E-state index in [0.717, 1.165) is 12.1 Å². The zero-order chi connectivity index (χ0) is 15.1. The van der Waals surface area contributed by atoms with Crippen molar-refractivity contribution in [2.75, 3.05) is 5.12 Å². The van der Waals surface area contributed by atoms with Gasteiger partial charge < -0.3 is 15.6 Å². The van der Waals surface area contributed by atoms with Crippen molar-refractivity contribution in [1.29, 1.82) is 0 Å². The Kier molecular flexibility index (Phi) is 3.76. The highest BCUT2D eigenvalue weighted by Gasteiger charge is 2.45. The molecule has 0 spiro atoms. The number of nitrogens with zero attached hydrogens (tertiary/aromatic N) is 4. The van der Waals surface area contributed by atoms with Crippen molar-refractivity contribution < 1.29 is 41.4 Å². The molecule has 6 N–H and O–H groups in total. The molecule has 1 rings (SSSR count). The van der Waals surface area contributed by atoms with Crippen LogP contribution in [0, 0.1) is 15.6 Å². The Morgan fingerprint density at radius 3 is 1.58 bits per heavy atom. The summed E-state index contributed by atoms with van der Waals surface area (Å²) in [5.74, 6) is 0. The fourth-order valence-electron chi connectivity index (χ4n) is 1.31. The monoisotopic (exact) mass is 282 g/mol. The summed E-state index contributed by atoms with van der Waals surface area (Å²) in [6.07, 6.45) is 0. The first-order valence-electron chi connectivity index (χ1n) is 4.42. The van der Waals surface area contributed by atoms with Gasteiger partial charge in [-0.1, -0.05) is 12.1 Å². The van der Waals surface area contributed by atoms with Crippen molar-refractivity contribution in [1.82, 2.24) is 4.97 Å². The Balaban J connectivity index is 3.50. The smallest absolute Gasteiger partial charge is 0.234 e. The van der Waals surface area contributed by atoms with Crippen LogP contribution in [0.2, 0.25) is 0 Å². The van der Waals surface area contributed by atoms with Crippen molar-refractivity contribution >= 4 is 11.4 Å². The summed E-state index contributed by atoms with van der Waals surface area (Å²) >= 11 is 0. The predicted molar refractivity (Wildman–Crippen MR) is 52.1 cm³/mol. The van der Waals surface area contributed by atoms with Crippen LogP contribution in [0.4, 0.5) is 11.4 Å². The van der Waals surface area contributed by atoms with Gasteiger partial charge in [0.2, 0.25) is 11.4 Å². The lowest BCUT2D eigenvalue weighted by molar-refractivity contribution is -1.36. The highest BCUT2D eigenvalue weighted by molar-refractivity contribution is 5.65. The van der Waals surface area contributed by atoms with E-state index in [-0.39, 0.29) is 0 Å². The van der Waals surface area contributed by atoms with Gasteiger partial charge in [-0.15, -0.1) is 20.8 Å². The molecule has 13 nitrogen and oxygen atoms in total. The lowest BCUT2D eigenvalue weighted by Crippen LogP contribution is -2.66. The lowest BCUT2D eigenvalue weighted by atomic mass is 10.3. The minimum Gasteiger partial charge on any atom is -0.559 e. The molecular weight excluding hydrogens is 272 g/mol. The summed E-state index contributed by atoms with van der Waals surface area (Å²) < 4.78 is 0. The van der Waals surface area contributed by atoms with Crippen LogP contribution >= 0.6 is 0 Å². The summed E-state index contributed by atoms with van der Waals surface area (Å²) in [6.45, 7) is 0. The maximum Gasteiger partial charge on any atom is 0.234 e. The molecule has 0 aromatic heterocycles. The van der Waals surface area contributed by atoms with E-state index in [1.807, 2.05) is 0 Å². The molecule has 0 amide bonds. The third kappa shape index (κ3) is 3.52. The van der Waals surface area contributed by atoms with Crippen molar-refractivity contribution in [3.63, 3.8) is 0 Å². The lowest BCUT2D eigenvalue weighted by Gasteiger charge is -2.40. The third-order valence-electron chi connectivity index (χ3n) is 1.90. The van der Waals surface area contributed by atoms with Gasteiger partial charge >= 0.3 is 0 Å². The zero-order valence-electron chi connectivity index (χ0n) is 9.01. The highest BCUT2D eigenvalue weighted by atomic mass is 17.2. The minimum absolute atomic E-state index is 0.654. The molecule has 0 aliphatic carbocycles. The summed E-state index contributed by atoms with van der Waals surface area (Å²) in [5, 5.41) is 76.9. The van der Waals surface area contributed by atoms with Crippen LogP contribution in [0.1, 0.15) is 0 Å². The fraction of sp³-hybridized carbons (Fsp3) is 0. The van der Waals surface area contributed by atoms with Gasteiger partial charge in [0.05, 0.1) is 15.3 Å². The summed E-state index contributed by atoms with van der Waals surface area (Å²) in [7, 11) is 0. The molecule has 0 fully saturated rings. The van der Waals surface area contributed by atoms with Crippen LogP contribution < -0.4 is 10.1 Å². The molecule has 1 aromatic rings. The van der Waals surface area contributed by atoms with Gasteiger partial charge in [0.25, 0.3) is 0 Å². The Labute approximate surface area is 104 Å². The fourth-order valence-corrected chi connectivity index (χ4v) is 1.31. The molecule has 0 saturated carbocycles. The molecule has 0 atom stereocenters. The second kappa shape index (κ2) is 4.58. The third-order valence-corrected chi connectivity index (χ3v) is 1.90. The van der Waals surface area contributed by atoms with Crippen LogP contribution in [0.25, 0.3) is 0 Å². The second-order valence-electron chi connectivity index (χ2n) is 3.35.